The van der Waals surface area contributed by atoms with Crippen LogP contribution in [-0.2, 0) is 15.7 Å². The molecule has 0 aliphatic heterocycles. The Kier molecular flexibility index (Phi) is 5.80. The van der Waals surface area contributed by atoms with Crippen LogP contribution in [0.4, 0.5) is 13.2 Å². The van der Waals surface area contributed by atoms with Crippen LogP contribution in [0.2, 0.25) is 0 Å². The van der Waals surface area contributed by atoms with Crippen LogP contribution in [0.1, 0.15) is 37.8 Å². The standard InChI is InChI=1S/C15H17F3O2/c1-3-13(4-2)20-14(19)9-8-11-6-5-7-12(10-11)15(16,17)18/h5-10,13H,3-4H2,1-2H3/b9-8+. The summed E-state index contributed by atoms with van der Waals surface area (Å²) in [7, 11) is 0. The van der Waals surface area contributed by atoms with Crippen LogP contribution in [0.25, 0.3) is 6.08 Å². The average Bonchev–Trinajstić information content (AvgIpc) is 2.42. The van der Waals surface area contributed by atoms with E-state index in [-0.39, 0.29) is 6.10 Å². The minimum absolute atomic E-state index is 0.159. The molecular weight excluding hydrogens is 269 g/mol. The van der Waals surface area contributed by atoms with Crippen molar-refractivity contribution >= 4 is 12.0 Å². The van der Waals surface area contributed by atoms with E-state index in [1.807, 2.05) is 13.8 Å². The highest BCUT2D eigenvalue weighted by atomic mass is 19.4. The van der Waals surface area contributed by atoms with Crippen molar-refractivity contribution in [3.63, 3.8) is 0 Å². The van der Waals surface area contributed by atoms with Crippen molar-refractivity contribution in [2.24, 2.45) is 0 Å². The minimum atomic E-state index is -4.39. The maximum atomic E-state index is 12.5. The molecule has 0 radical (unpaired) electrons. The van der Waals surface area contributed by atoms with Crippen LogP contribution >= 0.6 is 0 Å². The van der Waals surface area contributed by atoms with E-state index >= 15 is 0 Å². The largest absolute Gasteiger partial charge is 0.459 e. The van der Waals surface area contributed by atoms with E-state index in [0.29, 0.717) is 18.4 Å². The molecule has 0 saturated carbocycles. The summed E-state index contributed by atoms with van der Waals surface area (Å²) in [5.74, 6) is -0.545. The molecule has 0 amide bonds. The maximum absolute atomic E-state index is 12.5. The Morgan fingerprint density at radius 1 is 1.30 bits per heavy atom. The molecule has 110 valence electrons. The van der Waals surface area contributed by atoms with Gasteiger partial charge in [0.1, 0.15) is 6.10 Å². The van der Waals surface area contributed by atoms with Crippen molar-refractivity contribution in [2.45, 2.75) is 39.0 Å². The highest BCUT2D eigenvalue weighted by Crippen LogP contribution is 2.29. The number of ether oxygens (including phenoxy) is 1. The lowest BCUT2D eigenvalue weighted by molar-refractivity contribution is -0.143. The second-order valence-electron chi connectivity index (χ2n) is 4.33. The Morgan fingerprint density at radius 3 is 2.50 bits per heavy atom. The zero-order valence-electron chi connectivity index (χ0n) is 11.4. The lowest BCUT2D eigenvalue weighted by Crippen LogP contribution is -2.14. The molecule has 0 N–H and O–H groups in total. The Morgan fingerprint density at radius 2 is 1.95 bits per heavy atom. The normalized spacial score (nSPS) is 12.1. The molecule has 0 heterocycles. The van der Waals surface area contributed by atoms with Crippen LogP contribution in [0.5, 0.6) is 0 Å². The van der Waals surface area contributed by atoms with Crippen molar-refractivity contribution in [2.75, 3.05) is 0 Å². The lowest BCUT2D eigenvalue weighted by Gasteiger charge is -2.11. The summed E-state index contributed by atoms with van der Waals surface area (Å²) in [5.41, 5.74) is -0.436. The minimum Gasteiger partial charge on any atom is -0.459 e. The van der Waals surface area contributed by atoms with Gasteiger partial charge in [-0.15, -0.1) is 0 Å². The van der Waals surface area contributed by atoms with E-state index in [9.17, 15) is 18.0 Å². The Labute approximate surface area is 116 Å². The first kappa shape index (κ1) is 16.3. The number of rotatable bonds is 5. The van der Waals surface area contributed by atoms with Crippen molar-refractivity contribution < 1.29 is 22.7 Å². The maximum Gasteiger partial charge on any atom is 0.416 e. The molecule has 0 atom stereocenters. The van der Waals surface area contributed by atoms with Crippen LogP contribution in [-0.4, -0.2) is 12.1 Å². The second kappa shape index (κ2) is 7.12. The highest BCUT2D eigenvalue weighted by Gasteiger charge is 2.30. The topological polar surface area (TPSA) is 26.3 Å². The van der Waals surface area contributed by atoms with Gasteiger partial charge in [-0.3, -0.25) is 0 Å². The van der Waals surface area contributed by atoms with Gasteiger partial charge in [-0.2, -0.15) is 13.2 Å². The summed E-state index contributed by atoms with van der Waals surface area (Å²) in [6, 6.07) is 4.77. The Balaban J connectivity index is 2.73. The number of carbonyl (C=O) groups excluding carboxylic acids is 1. The van der Waals surface area contributed by atoms with Gasteiger partial charge in [0.2, 0.25) is 0 Å². The number of carbonyl (C=O) groups is 1. The van der Waals surface area contributed by atoms with Gasteiger partial charge in [0, 0.05) is 6.08 Å². The van der Waals surface area contributed by atoms with Gasteiger partial charge in [0.25, 0.3) is 0 Å². The van der Waals surface area contributed by atoms with E-state index in [1.165, 1.54) is 18.2 Å². The summed E-state index contributed by atoms with van der Waals surface area (Å²) < 4.78 is 42.7. The van der Waals surface area contributed by atoms with Crippen LogP contribution in [0.3, 0.4) is 0 Å². The number of halogens is 3. The molecule has 20 heavy (non-hydrogen) atoms. The number of esters is 1. The van der Waals surface area contributed by atoms with E-state index in [0.717, 1.165) is 18.2 Å². The molecular formula is C15H17F3O2. The third-order valence-electron chi connectivity index (χ3n) is 2.82. The van der Waals surface area contributed by atoms with Crippen molar-refractivity contribution in [1.82, 2.24) is 0 Å². The van der Waals surface area contributed by atoms with Crippen molar-refractivity contribution in [3.8, 4) is 0 Å². The molecule has 0 unspecified atom stereocenters. The van der Waals surface area contributed by atoms with Gasteiger partial charge in [0.15, 0.2) is 0 Å². The zero-order valence-corrected chi connectivity index (χ0v) is 11.4. The second-order valence-corrected chi connectivity index (χ2v) is 4.33. The molecule has 0 aliphatic rings. The first-order valence-electron chi connectivity index (χ1n) is 6.42. The Hall–Kier alpha value is -1.78. The van der Waals surface area contributed by atoms with Crippen LogP contribution < -0.4 is 0 Å². The average molecular weight is 286 g/mol. The molecule has 1 rings (SSSR count). The fraction of sp³-hybridized carbons (Fsp3) is 0.400. The number of hydrogen-bond acceptors (Lipinski definition) is 2. The van der Waals surface area contributed by atoms with Gasteiger partial charge >= 0.3 is 12.1 Å². The quantitative estimate of drug-likeness (QED) is 0.590. The zero-order chi connectivity index (χ0) is 15.2. The van der Waals surface area contributed by atoms with Gasteiger partial charge in [-0.1, -0.05) is 26.0 Å². The fourth-order valence-electron chi connectivity index (χ4n) is 1.64. The number of alkyl halides is 3. The molecule has 0 aromatic heterocycles. The van der Waals surface area contributed by atoms with E-state index in [2.05, 4.69) is 0 Å². The SMILES string of the molecule is CCC(CC)OC(=O)/C=C/c1cccc(C(F)(F)F)c1. The molecule has 0 fully saturated rings. The molecule has 0 aliphatic carbocycles. The van der Waals surface area contributed by atoms with Gasteiger partial charge in [-0.05, 0) is 36.6 Å². The monoisotopic (exact) mass is 286 g/mol. The predicted molar refractivity (Wildman–Crippen MR) is 70.9 cm³/mol. The molecule has 0 saturated heterocycles. The number of hydrogen-bond donors (Lipinski definition) is 0. The predicted octanol–water partition coefficient (Wildman–Crippen LogP) is 4.45. The van der Waals surface area contributed by atoms with Gasteiger partial charge in [0.05, 0.1) is 5.56 Å². The van der Waals surface area contributed by atoms with Gasteiger partial charge in [-0.25, -0.2) is 4.79 Å². The molecule has 0 bridgehead atoms. The summed E-state index contributed by atoms with van der Waals surface area (Å²) >= 11 is 0. The summed E-state index contributed by atoms with van der Waals surface area (Å²) in [5, 5.41) is 0. The first-order chi connectivity index (χ1) is 9.36. The smallest absolute Gasteiger partial charge is 0.416 e. The molecule has 2 nitrogen and oxygen atoms in total. The summed E-state index contributed by atoms with van der Waals surface area (Å²) in [6.45, 7) is 3.80. The van der Waals surface area contributed by atoms with Gasteiger partial charge < -0.3 is 4.74 Å². The molecule has 5 heteroatoms. The lowest BCUT2D eigenvalue weighted by atomic mass is 10.1. The Bertz CT molecular complexity index is 474. The third kappa shape index (κ3) is 5.07. The molecule has 1 aromatic carbocycles. The van der Waals surface area contributed by atoms with E-state index in [1.54, 1.807) is 0 Å². The van der Waals surface area contributed by atoms with E-state index in [4.69, 9.17) is 4.74 Å². The first-order valence-corrected chi connectivity index (χ1v) is 6.42. The van der Waals surface area contributed by atoms with E-state index < -0.39 is 17.7 Å². The molecule has 1 aromatic rings. The summed E-state index contributed by atoms with van der Waals surface area (Å²) in [4.78, 5) is 11.5. The molecule has 0 spiro atoms. The third-order valence-corrected chi connectivity index (χ3v) is 2.82. The number of benzene rings is 1. The van der Waals surface area contributed by atoms with Crippen LogP contribution in [0, 0.1) is 0 Å². The van der Waals surface area contributed by atoms with Crippen LogP contribution in [0.15, 0.2) is 30.3 Å². The fourth-order valence-corrected chi connectivity index (χ4v) is 1.64. The van der Waals surface area contributed by atoms with Crippen molar-refractivity contribution in [3.05, 3.63) is 41.5 Å². The van der Waals surface area contributed by atoms with Crippen molar-refractivity contribution in [1.29, 1.82) is 0 Å². The highest BCUT2D eigenvalue weighted by molar-refractivity contribution is 5.87. The summed E-state index contributed by atoms with van der Waals surface area (Å²) in [6.07, 6.45) is -0.666.